The number of benzene rings is 1. The molecular weight excluding hydrogens is 262 g/mol. The largest absolute Gasteiger partial charge is 0.477 e. The lowest BCUT2D eigenvalue weighted by Gasteiger charge is -2.08. The summed E-state index contributed by atoms with van der Waals surface area (Å²) in [5.41, 5.74) is 0.575. The number of hydrogen-bond acceptors (Lipinski definition) is 5. The molecule has 0 radical (unpaired) electrons. The molecule has 0 spiro atoms. The van der Waals surface area contributed by atoms with E-state index in [1.165, 1.54) is 12.1 Å². The Morgan fingerprint density at radius 2 is 2.30 bits per heavy atom. The minimum Gasteiger partial charge on any atom is -0.477 e. The molecule has 0 aliphatic rings. The molecule has 7 nitrogen and oxygen atoms in total. The molecule has 0 aromatic heterocycles. The summed E-state index contributed by atoms with van der Waals surface area (Å²) >= 11 is 0. The summed E-state index contributed by atoms with van der Waals surface area (Å²) in [5, 5.41) is 16.3. The van der Waals surface area contributed by atoms with Crippen molar-refractivity contribution < 1.29 is 14.5 Å². The molecule has 7 heteroatoms. The van der Waals surface area contributed by atoms with E-state index in [-0.39, 0.29) is 24.6 Å². The summed E-state index contributed by atoms with van der Waals surface area (Å²) in [6.45, 7) is 0.267. The van der Waals surface area contributed by atoms with Crippen molar-refractivity contribution in [1.82, 2.24) is 10.6 Å². The fourth-order valence-corrected chi connectivity index (χ4v) is 1.49. The SMILES string of the molecule is C#CCNC(=O)COc1ccc(CNC)cc1[N+](=O)[O-]. The minimum absolute atomic E-state index is 0.0470. The third kappa shape index (κ3) is 4.59. The second-order valence-electron chi connectivity index (χ2n) is 3.86. The van der Waals surface area contributed by atoms with Gasteiger partial charge in [0.05, 0.1) is 11.5 Å². The maximum Gasteiger partial charge on any atom is 0.311 e. The van der Waals surface area contributed by atoms with Crippen molar-refractivity contribution >= 4 is 11.6 Å². The summed E-state index contributed by atoms with van der Waals surface area (Å²) in [5.74, 6) is 1.86. The summed E-state index contributed by atoms with van der Waals surface area (Å²) < 4.78 is 5.15. The number of nitrogens with one attached hydrogen (secondary N) is 2. The van der Waals surface area contributed by atoms with Gasteiger partial charge in [-0.05, 0) is 18.7 Å². The molecule has 0 aliphatic carbocycles. The number of terminal acetylenes is 1. The van der Waals surface area contributed by atoms with Crippen LogP contribution in [0.4, 0.5) is 5.69 Å². The molecule has 1 amide bonds. The first kappa shape index (κ1) is 15.5. The number of nitro groups is 1. The Hall–Kier alpha value is -2.59. The van der Waals surface area contributed by atoms with Gasteiger partial charge < -0.3 is 15.4 Å². The van der Waals surface area contributed by atoms with Crippen LogP contribution in [0.15, 0.2) is 18.2 Å². The first-order chi connectivity index (χ1) is 9.58. The molecule has 0 heterocycles. The van der Waals surface area contributed by atoms with E-state index in [1.54, 1.807) is 13.1 Å². The Bertz CT molecular complexity index is 537. The van der Waals surface area contributed by atoms with Crippen LogP contribution in [0.5, 0.6) is 5.75 Å². The Morgan fingerprint density at radius 3 is 2.90 bits per heavy atom. The zero-order valence-corrected chi connectivity index (χ0v) is 11.0. The molecule has 0 fully saturated rings. The van der Waals surface area contributed by atoms with Crippen molar-refractivity contribution in [3.8, 4) is 18.1 Å². The zero-order chi connectivity index (χ0) is 15.0. The van der Waals surface area contributed by atoms with Gasteiger partial charge in [-0.15, -0.1) is 6.42 Å². The molecule has 0 saturated carbocycles. The van der Waals surface area contributed by atoms with Gasteiger partial charge in [0, 0.05) is 12.6 Å². The lowest BCUT2D eigenvalue weighted by molar-refractivity contribution is -0.385. The van der Waals surface area contributed by atoms with Gasteiger partial charge in [-0.3, -0.25) is 14.9 Å². The van der Waals surface area contributed by atoms with E-state index in [2.05, 4.69) is 16.6 Å². The molecular formula is C13H15N3O4. The number of nitro benzene ring substituents is 1. The highest BCUT2D eigenvalue weighted by molar-refractivity contribution is 5.77. The number of carbonyl (C=O) groups excluding carboxylic acids is 1. The first-order valence-corrected chi connectivity index (χ1v) is 5.83. The first-order valence-electron chi connectivity index (χ1n) is 5.83. The van der Waals surface area contributed by atoms with Crippen molar-refractivity contribution in [3.05, 3.63) is 33.9 Å². The van der Waals surface area contributed by atoms with E-state index < -0.39 is 10.8 Å². The van der Waals surface area contributed by atoms with E-state index in [0.717, 1.165) is 5.56 Å². The molecule has 2 N–H and O–H groups in total. The van der Waals surface area contributed by atoms with Gasteiger partial charge in [0.2, 0.25) is 0 Å². The number of nitrogens with zero attached hydrogens (tertiary/aromatic N) is 1. The third-order valence-corrected chi connectivity index (χ3v) is 2.35. The van der Waals surface area contributed by atoms with Gasteiger partial charge >= 0.3 is 5.69 Å². The van der Waals surface area contributed by atoms with Gasteiger partial charge in [0.1, 0.15) is 0 Å². The van der Waals surface area contributed by atoms with Crippen molar-refractivity contribution in [1.29, 1.82) is 0 Å². The van der Waals surface area contributed by atoms with Crippen LogP contribution in [0.25, 0.3) is 0 Å². The maximum absolute atomic E-state index is 11.3. The second-order valence-corrected chi connectivity index (χ2v) is 3.86. The third-order valence-electron chi connectivity index (χ3n) is 2.35. The molecule has 0 bridgehead atoms. The van der Waals surface area contributed by atoms with Crippen molar-refractivity contribution in [2.24, 2.45) is 0 Å². The van der Waals surface area contributed by atoms with Gasteiger partial charge in [0.15, 0.2) is 12.4 Å². The van der Waals surface area contributed by atoms with Crippen LogP contribution in [0.1, 0.15) is 5.56 Å². The zero-order valence-electron chi connectivity index (χ0n) is 11.0. The van der Waals surface area contributed by atoms with Crippen LogP contribution in [-0.2, 0) is 11.3 Å². The molecule has 1 aromatic rings. The average molecular weight is 277 g/mol. The molecule has 0 unspecified atom stereocenters. The predicted molar refractivity (Wildman–Crippen MR) is 73.2 cm³/mol. The number of hydrogen-bond donors (Lipinski definition) is 2. The molecule has 1 rings (SSSR count). The number of amides is 1. The van der Waals surface area contributed by atoms with Gasteiger partial charge in [-0.2, -0.15) is 0 Å². The molecule has 106 valence electrons. The average Bonchev–Trinajstić information content (AvgIpc) is 2.43. The van der Waals surface area contributed by atoms with E-state index in [4.69, 9.17) is 11.2 Å². The van der Waals surface area contributed by atoms with E-state index in [1.807, 2.05) is 0 Å². The standard InChI is InChI=1S/C13H15N3O4/c1-3-6-15-13(17)9-20-12-5-4-10(8-14-2)7-11(12)16(18)19/h1,4-5,7,14H,6,8-9H2,2H3,(H,15,17). The van der Waals surface area contributed by atoms with Crippen LogP contribution in [0, 0.1) is 22.5 Å². The van der Waals surface area contributed by atoms with E-state index in [9.17, 15) is 14.9 Å². The van der Waals surface area contributed by atoms with Crippen LogP contribution in [0.3, 0.4) is 0 Å². The van der Waals surface area contributed by atoms with E-state index >= 15 is 0 Å². The van der Waals surface area contributed by atoms with Crippen molar-refractivity contribution in [2.75, 3.05) is 20.2 Å². The fourth-order valence-electron chi connectivity index (χ4n) is 1.49. The van der Waals surface area contributed by atoms with Crippen LogP contribution in [-0.4, -0.2) is 31.0 Å². The molecule has 0 aliphatic heterocycles. The Kier molecular flexibility index (Phi) is 6.00. The highest BCUT2D eigenvalue weighted by Crippen LogP contribution is 2.27. The normalized spacial score (nSPS) is 9.60. The molecule has 0 saturated heterocycles. The van der Waals surface area contributed by atoms with Crippen molar-refractivity contribution in [2.45, 2.75) is 6.54 Å². The summed E-state index contributed by atoms with van der Waals surface area (Å²) in [4.78, 5) is 21.7. The highest BCUT2D eigenvalue weighted by Gasteiger charge is 2.16. The maximum atomic E-state index is 11.3. The van der Waals surface area contributed by atoms with Crippen molar-refractivity contribution in [3.63, 3.8) is 0 Å². The lowest BCUT2D eigenvalue weighted by Crippen LogP contribution is -2.29. The number of ether oxygens (including phenoxy) is 1. The predicted octanol–water partition coefficient (Wildman–Crippen LogP) is 0.442. The summed E-state index contributed by atoms with van der Waals surface area (Å²) in [6, 6.07) is 4.57. The van der Waals surface area contributed by atoms with Gasteiger partial charge in [-0.1, -0.05) is 12.0 Å². The molecule has 20 heavy (non-hydrogen) atoms. The molecule has 0 atom stereocenters. The van der Waals surface area contributed by atoms with Gasteiger partial charge in [-0.25, -0.2) is 0 Å². The lowest BCUT2D eigenvalue weighted by atomic mass is 10.2. The molecule has 1 aromatic carbocycles. The summed E-state index contributed by atoms with van der Waals surface area (Å²) in [6.07, 6.45) is 4.99. The Balaban J connectivity index is 2.76. The topological polar surface area (TPSA) is 93.5 Å². The monoisotopic (exact) mass is 277 g/mol. The number of carbonyl (C=O) groups is 1. The van der Waals surface area contributed by atoms with E-state index in [0.29, 0.717) is 6.54 Å². The Morgan fingerprint density at radius 1 is 1.55 bits per heavy atom. The fraction of sp³-hybridized carbons (Fsp3) is 0.308. The minimum atomic E-state index is -0.548. The second kappa shape index (κ2) is 7.76. The highest BCUT2D eigenvalue weighted by atomic mass is 16.6. The van der Waals surface area contributed by atoms with Gasteiger partial charge in [0.25, 0.3) is 5.91 Å². The summed E-state index contributed by atoms with van der Waals surface area (Å²) in [7, 11) is 1.74. The Labute approximate surface area is 116 Å². The number of rotatable bonds is 7. The van der Waals surface area contributed by atoms with Crippen LogP contribution >= 0.6 is 0 Å². The quantitative estimate of drug-likeness (QED) is 0.428. The van der Waals surface area contributed by atoms with Crippen LogP contribution in [0.2, 0.25) is 0 Å². The van der Waals surface area contributed by atoms with Crippen LogP contribution < -0.4 is 15.4 Å². The smallest absolute Gasteiger partial charge is 0.311 e.